The number of hydrogen-bond donors (Lipinski definition) is 0. The fourth-order valence-corrected chi connectivity index (χ4v) is 0.641. The lowest BCUT2D eigenvalue weighted by Gasteiger charge is -2.31. The van der Waals surface area contributed by atoms with Gasteiger partial charge in [-0.2, -0.15) is 43.9 Å². The average Bonchev–Trinajstić information content (AvgIpc) is 2.13. The monoisotopic (exact) mass is 294 g/mol. The summed E-state index contributed by atoms with van der Waals surface area (Å²) in [6.07, 6.45) is -7.14. The average molecular weight is 294 g/mol. The van der Waals surface area contributed by atoms with Crippen LogP contribution in [0.1, 0.15) is 0 Å². The number of hydrogen-bond acceptors (Lipinski definition) is 2. The fraction of sp³-hybridized carbons (Fsp3) is 0.667. The number of Topliss-reactive ketones (excluding diaryl/α,β-unsaturated/α-hetero) is 1. The Balaban J connectivity index is 5.79. The van der Waals surface area contributed by atoms with Crippen LogP contribution < -0.4 is 0 Å². The molecule has 0 bridgehead atoms. The van der Waals surface area contributed by atoms with Crippen LogP contribution >= 0.6 is 0 Å². The minimum atomic E-state index is -7.34. The zero-order valence-electron chi connectivity index (χ0n) is 7.60. The van der Waals surface area contributed by atoms with Gasteiger partial charge in [0.05, 0.1) is 0 Å². The summed E-state index contributed by atoms with van der Waals surface area (Å²) in [5.74, 6) is -25.5. The van der Waals surface area contributed by atoms with Crippen LogP contribution in [0.5, 0.6) is 0 Å². The molecule has 0 N–H and O–H groups in total. The van der Waals surface area contributed by atoms with Gasteiger partial charge in [0.15, 0.2) is 0 Å². The molecule has 0 aliphatic rings. The third kappa shape index (κ3) is 2.14. The Hall–Kier alpha value is -1.36. The molecule has 0 atom stereocenters. The van der Waals surface area contributed by atoms with Gasteiger partial charge in [-0.1, -0.05) is 0 Å². The first-order chi connectivity index (χ1) is 7.60. The highest BCUT2D eigenvalue weighted by molar-refractivity contribution is 6.36. The summed E-state index contributed by atoms with van der Waals surface area (Å²) in [6.45, 7) is 0. The van der Waals surface area contributed by atoms with Gasteiger partial charge in [-0.15, -0.1) is 0 Å². The van der Waals surface area contributed by atoms with Gasteiger partial charge < -0.3 is 0 Å². The van der Waals surface area contributed by atoms with Crippen molar-refractivity contribution in [2.75, 3.05) is 0 Å². The lowest BCUT2D eigenvalue weighted by atomic mass is 10.0. The molecule has 0 rings (SSSR count). The van der Waals surface area contributed by atoms with E-state index < -0.39 is 35.8 Å². The largest absolute Gasteiger partial charge is 0.460 e. The highest BCUT2D eigenvalue weighted by atomic mass is 19.4. The van der Waals surface area contributed by atoms with Gasteiger partial charge in [-0.05, 0) is 0 Å². The smallest absolute Gasteiger partial charge is 0.281 e. The topological polar surface area (TPSA) is 34.1 Å². The molecule has 0 radical (unpaired) electrons. The second kappa shape index (κ2) is 4.09. The predicted molar refractivity (Wildman–Crippen MR) is 32.0 cm³/mol. The summed E-state index contributed by atoms with van der Waals surface area (Å²) in [5.41, 5.74) is 0. The van der Waals surface area contributed by atoms with E-state index in [-0.39, 0.29) is 0 Å². The zero-order chi connectivity index (χ0) is 15.2. The van der Waals surface area contributed by atoms with Gasteiger partial charge in [0.25, 0.3) is 0 Å². The van der Waals surface area contributed by atoms with Crippen molar-refractivity contribution >= 4 is 11.8 Å². The molecule has 0 aromatic heterocycles. The van der Waals surface area contributed by atoms with E-state index in [1.807, 2.05) is 0 Å². The van der Waals surface area contributed by atoms with E-state index in [2.05, 4.69) is 0 Å². The van der Waals surface area contributed by atoms with Crippen LogP contribution in [0.2, 0.25) is 0 Å². The Morgan fingerprint density at radius 1 is 0.667 bits per heavy atom. The van der Waals surface area contributed by atoms with E-state index in [0.717, 1.165) is 0 Å². The zero-order valence-corrected chi connectivity index (χ0v) is 7.60. The number of carbonyl (C=O) groups is 2. The second-order valence-electron chi connectivity index (χ2n) is 2.82. The standard InChI is InChI=1S/C6F10O2/c7-2(18)1(17)3(8,9)4(10,11)5(12,13)6(14,15)16. The van der Waals surface area contributed by atoms with Crippen LogP contribution in [0.4, 0.5) is 43.9 Å². The summed E-state index contributed by atoms with van der Waals surface area (Å²) in [5, 5.41) is 0. The lowest BCUT2D eigenvalue weighted by molar-refractivity contribution is -0.388. The van der Waals surface area contributed by atoms with Crippen molar-refractivity contribution in [3.63, 3.8) is 0 Å². The van der Waals surface area contributed by atoms with E-state index in [1.54, 1.807) is 0 Å². The summed E-state index contributed by atoms with van der Waals surface area (Å²) in [4.78, 5) is 19.4. The molecule has 0 saturated heterocycles. The summed E-state index contributed by atoms with van der Waals surface area (Å²) < 4.78 is 119. The molecule has 0 saturated carbocycles. The Morgan fingerprint density at radius 3 is 1.22 bits per heavy atom. The first-order valence-electron chi connectivity index (χ1n) is 3.55. The molecule has 0 amide bonds. The van der Waals surface area contributed by atoms with Crippen molar-refractivity contribution in [2.24, 2.45) is 0 Å². The summed E-state index contributed by atoms with van der Waals surface area (Å²) in [6, 6.07) is -3.78. The van der Waals surface area contributed by atoms with Gasteiger partial charge in [0.2, 0.25) is 0 Å². The Labute approximate surface area is 90.5 Å². The molecule has 0 heterocycles. The van der Waals surface area contributed by atoms with E-state index in [4.69, 9.17) is 0 Å². The number of halogens is 10. The van der Waals surface area contributed by atoms with E-state index in [0.29, 0.717) is 0 Å². The molecule has 0 aromatic carbocycles. The van der Waals surface area contributed by atoms with Crippen molar-refractivity contribution in [3.05, 3.63) is 0 Å². The number of alkyl halides is 9. The molecule has 0 spiro atoms. The van der Waals surface area contributed by atoms with E-state index >= 15 is 0 Å². The third-order valence-corrected chi connectivity index (χ3v) is 1.61. The van der Waals surface area contributed by atoms with Crippen molar-refractivity contribution < 1.29 is 53.5 Å². The minimum absolute atomic E-state index is 3.78. The van der Waals surface area contributed by atoms with Crippen LogP contribution in [0.3, 0.4) is 0 Å². The normalized spacial score (nSPS) is 14.6. The highest BCUT2D eigenvalue weighted by Crippen LogP contribution is 2.53. The van der Waals surface area contributed by atoms with Crippen LogP contribution in [0.25, 0.3) is 0 Å². The predicted octanol–water partition coefficient (Wildman–Crippen LogP) is 2.52. The van der Waals surface area contributed by atoms with Crippen LogP contribution in [0, 0.1) is 0 Å². The molecule has 106 valence electrons. The quantitative estimate of drug-likeness (QED) is 0.453. The molecule has 0 unspecified atom stereocenters. The molecule has 0 aliphatic heterocycles. The molecular weight excluding hydrogens is 294 g/mol. The molecule has 18 heavy (non-hydrogen) atoms. The first kappa shape index (κ1) is 16.6. The Kier molecular flexibility index (Phi) is 3.78. The van der Waals surface area contributed by atoms with Gasteiger partial charge in [0, 0.05) is 0 Å². The third-order valence-electron chi connectivity index (χ3n) is 1.61. The Bertz CT molecular complexity index is 367. The van der Waals surface area contributed by atoms with Gasteiger partial charge >= 0.3 is 35.8 Å². The van der Waals surface area contributed by atoms with Crippen molar-refractivity contribution in [1.82, 2.24) is 0 Å². The maximum Gasteiger partial charge on any atom is 0.460 e. The lowest BCUT2D eigenvalue weighted by Crippen LogP contribution is -2.64. The maximum atomic E-state index is 12.3. The molecule has 2 nitrogen and oxygen atoms in total. The second-order valence-corrected chi connectivity index (χ2v) is 2.82. The van der Waals surface area contributed by atoms with Gasteiger partial charge in [-0.25, -0.2) is 0 Å². The fourth-order valence-electron chi connectivity index (χ4n) is 0.641. The van der Waals surface area contributed by atoms with Gasteiger partial charge in [-0.3, -0.25) is 9.59 Å². The van der Waals surface area contributed by atoms with Crippen molar-refractivity contribution in [1.29, 1.82) is 0 Å². The maximum absolute atomic E-state index is 12.3. The minimum Gasteiger partial charge on any atom is -0.281 e. The molecule has 0 aromatic rings. The van der Waals surface area contributed by atoms with Crippen LogP contribution in [-0.4, -0.2) is 35.8 Å². The summed E-state index contributed by atoms with van der Waals surface area (Å²) in [7, 11) is 0. The van der Waals surface area contributed by atoms with Crippen LogP contribution in [0.15, 0.2) is 0 Å². The van der Waals surface area contributed by atoms with E-state index in [1.165, 1.54) is 0 Å². The molecule has 0 fully saturated rings. The van der Waals surface area contributed by atoms with Gasteiger partial charge in [0.1, 0.15) is 0 Å². The summed E-state index contributed by atoms with van der Waals surface area (Å²) >= 11 is 0. The Morgan fingerprint density at radius 2 is 1.00 bits per heavy atom. The molecule has 0 aliphatic carbocycles. The number of rotatable bonds is 4. The SMILES string of the molecule is O=C(F)C(=O)C(F)(F)C(F)(F)C(F)(F)C(F)(F)F. The highest BCUT2D eigenvalue weighted by Gasteiger charge is 2.84. The number of ketones is 1. The van der Waals surface area contributed by atoms with Crippen molar-refractivity contribution in [2.45, 2.75) is 23.9 Å². The van der Waals surface area contributed by atoms with Crippen molar-refractivity contribution in [3.8, 4) is 0 Å². The number of carbonyl (C=O) groups excluding carboxylic acids is 2. The first-order valence-corrected chi connectivity index (χ1v) is 3.55. The van der Waals surface area contributed by atoms with E-state index in [9.17, 15) is 53.5 Å². The molecular formula is C6F10O2. The molecule has 12 heteroatoms. The van der Waals surface area contributed by atoms with Crippen LogP contribution in [-0.2, 0) is 9.59 Å².